The van der Waals surface area contributed by atoms with Gasteiger partial charge in [-0.1, -0.05) is 6.92 Å². The molecule has 5 heterocycles. The van der Waals surface area contributed by atoms with Crippen LogP contribution < -0.4 is 22.1 Å². The summed E-state index contributed by atoms with van der Waals surface area (Å²) in [5, 5.41) is 26.7. The second-order valence-corrected chi connectivity index (χ2v) is 11.7. The number of carboxylic acids is 1. The number of likely N-dealkylation sites (tertiary alicyclic amines) is 1. The van der Waals surface area contributed by atoms with Gasteiger partial charge in [-0.3, -0.25) is 14.4 Å². The fraction of sp³-hybridized carbons (Fsp3) is 0.682. The van der Waals surface area contributed by atoms with Gasteiger partial charge in [0.15, 0.2) is 0 Å². The Labute approximate surface area is 222 Å². The highest BCUT2D eigenvalue weighted by atomic mass is 32.2. The number of nitrogens with two attached hydrogens (primary N) is 2. The second-order valence-electron chi connectivity index (χ2n) is 10.4. The minimum atomic E-state index is -1.16. The molecule has 206 valence electrons. The standard InChI is InChI=1S/C22H32N10O5S/c1-9-17-16(10(2)27-15(33)7-31-8-26-28-29-31)21(35)32(17)18(22(36)37)19(9)38-11-3-14(25-4-11)20(34)30-5-12(23)13(24)6-30/h8-14,16-17,25H,3-7,23-24H2,1-2H3,(H,27,33)(H,36,37)/t9-,10?,11+,12?,13?,14+,16-,17-/m1/s1. The van der Waals surface area contributed by atoms with Crippen LogP contribution in [-0.4, -0.2) is 114 Å². The van der Waals surface area contributed by atoms with E-state index in [1.54, 1.807) is 11.8 Å². The van der Waals surface area contributed by atoms with E-state index >= 15 is 0 Å². The van der Waals surface area contributed by atoms with Crippen LogP contribution in [0, 0.1) is 11.8 Å². The Balaban J connectivity index is 1.23. The van der Waals surface area contributed by atoms with Crippen molar-refractivity contribution < 1.29 is 24.3 Å². The van der Waals surface area contributed by atoms with Crippen molar-refractivity contribution in [2.24, 2.45) is 23.3 Å². The van der Waals surface area contributed by atoms with E-state index in [0.29, 0.717) is 31.0 Å². The van der Waals surface area contributed by atoms with Crippen molar-refractivity contribution in [1.29, 1.82) is 0 Å². The van der Waals surface area contributed by atoms with Crippen LogP contribution in [0.5, 0.6) is 0 Å². The van der Waals surface area contributed by atoms with Crippen LogP contribution in [0.3, 0.4) is 0 Å². The van der Waals surface area contributed by atoms with Crippen LogP contribution in [0.4, 0.5) is 0 Å². The van der Waals surface area contributed by atoms with Crippen LogP contribution in [0.15, 0.2) is 16.9 Å². The third-order valence-electron chi connectivity index (χ3n) is 7.82. The van der Waals surface area contributed by atoms with Gasteiger partial charge in [-0.15, -0.1) is 16.9 Å². The lowest BCUT2D eigenvalue weighted by Crippen LogP contribution is -2.66. The maximum atomic E-state index is 13.1. The maximum Gasteiger partial charge on any atom is 0.353 e. The third-order valence-corrected chi connectivity index (χ3v) is 9.33. The topological polar surface area (TPSA) is 215 Å². The molecule has 1 aromatic heterocycles. The summed E-state index contributed by atoms with van der Waals surface area (Å²) in [7, 11) is 0. The number of β-lactam (4-membered cyclic amide) rings is 1. The van der Waals surface area contributed by atoms with Crippen molar-refractivity contribution in [1.82, 2.24) is 40.6 Å². The number of aromatic nitrogens is 4. The van der Waals surface area contributed by atoms with E-state index in [-0.39, 0.29) is 59.3 Å². The molecule has 3 saturated heterocycles. The molecule has 3 fully saturated rings. The maximum absolute atomic E-state index is 13.1. The molecule has 5 rings (SSSR count). The number of nitrogens with zero attached hydrogens (tertiary/aromatic N) is 6. The number of fused-ring (bicyclic) bond motifs is 1. The number of tetrazole rings is 1. The Morgan fingerprint density at radius 2 is 2.00 bits per heavy atom. The molecule has 15 nitrogen and oxygen atoms in total. The third kappa shape index (κ3) is 4.65. The van der Waals surface area contributed by atoms with Gasteiger partial charge in [-0.2, -0.15) is 0 Å². The Morgan fingerprint density at radius 3 is 2.63 bits per heavy atom. The number of carboxylic acid groups (broad SMARTS) is 1. The highest BCUT2D eigenvalue weighted by Gasteiger charge is 2.60. The Kier molecular flexibility index (Phi) is 7.15. The molecule has 0 aromatic carbocycles. The molecule has 3 amide bonds. The predicted octanol–water partition coefficient (Wildman–Crippen LogP) is -3.09. The van der Waals surface area contributed by atoms with Crippen LogP contribution in [0.25, 0.3) is 0 Å². The van der Waals surface area contributed by atoms with Gasteiger partial charge in [-0.25, -0.2) is 9.48 Å². The lowest BCUT2D eigenvalue weighted by molar-refractivity contribution is -0.158. The fourth-order valence-corrected chi connectivity index (χ4v) is 7.38. The lowest BCUT2D eigenvalue weighted by atomic mass is 9.78. The van der Waals surface area contributed by atoms with Crippen LogP contribution >= 0.6 is 11.8 Å². The summed E-state index contributed by atoms with van der Waals surface area (Å²) in [4.78, 5) is 54.4. The number of hydrogen-bond acceptors (Lipinski definition) is 11. The molecule has 16 heteroatoms. The summed E-state index contributed by atoms with van der Waals surface area (Å²) >= 11 is 1.41. The molecule has 3 unspecified atom stereocenters. The molecule has 0 bridgehead atoms. The minimum absolute atomic E-state index is 0.00719. The molecule has 0 radical (unpaired) electrons. The summed E-state index contributed by atoms with van der Waals surface area (Å²) in [5.41, 5.74) is 11.9. The lowest BCUT2D eigenvalue weighted by Gasteiger charge is -2.47. The predicted molar refractivity (Wildman–Crippen MR) is 134 cm³/mol. The first-order chi connectivity index (χ1) is 18.1. The monoisotopic (exact) mass is 548 g/mol. The fourth-order valence-electron chi connectivity index (χ4n) is 5.90. The normalized spacial score (nSPS) is 33.4. The first-order valence-corrected chi connectivity index (χ1v) is 13.5. The van der Waals surface area contributed by atoms with Gasteiger partial charge in [0.2, 0.25) is 17.7 Å². The van der Waals surface area contributed by atoms with Gasteiger partial charge in [0, 0.05) is 53.8 Å². The Bertz CT molecular complexity index is 1150. The zero-order valence-corrected chi connectivity index (χ0v) is 21.9. The summed E-state index contributed by atoms with van der Waals surface area (Å²) in [6.45, 7) is 4.93. The first kappa shape index (κ1) is 26.5. The average molecular weight is 549 g/mol. The smallest absolute Gasteiger partial charge is 0.353 e. The molecule has 0 spiro atoms. The van der Waals surface area contributed by atoms with Gasteiger partial charge in [0.05, 0.1) is 18.0 Å². The number of carbonyl (C=O) groups excluding carboxylic acids is 3. The summed E-state index contributed by atoms with van der Waals surface area (Å²) in [6.07, 6.45) is 1.84. The van der Waals surface area contributed by atoms with Gasteiger partial charge >= 0.3 is 5.97 Å². The largest absolute Gasteiger partial charge is 0.477 e. The Hall–Kier alpha value is -3.08. The molecular weight excluding hydrogens is 516 g/mol. The van der Waals surface area contributed by atoms with Crippen molar-refractivity contribution in [2.75, 3.05) is 19.6 Å². The van der Waals surface area contributed by atoms with Crippen molar-refractivity contribution in [3.8, 4) is 0 Å². The molecule has 4 aliphatic heterocycles. The number of aliphatic carboxylic acids is 1. The molecule has 8 atom stereocenters. The number of thioether (sulfide) groups is 1. The van der Waals surface area contributed by atoms with E-state index in [4.69, 9.17) is 11.5 Å². The van der Waals surface area contributed by atoms with Crippen molar-refractivity contribution >= 4 is 35.5 Å². The highest BCUT2D eigenvalue weighted by Crippen LogP contribution is 2.51. The molecule has 0 aliphatic carbocycles. The molecule has 1 aromatic rings. The summed E-state index contributed by atoms with van der Waals surface area (Å²) in [6, 6.07) is -1.76. The average Bonchev–Trinajstić information content (AvgIpc) is 3.63. The van der Waals surface area contributed by atoms with Crippen LogP contribution in [0.2, 0.25) is 0 Å². The SMILES string of the molecule is CC(NC(=O)Cn1cnnn1)[C@H]1C(=O)N2C(C(=O)O)=C(S[C@@H]3CN[C@H](C(=O)N4CC(N)C(N)C4)C3)[C@H](C)[C@H]12. The molecular formula is C22H32N10O5S. The van der Waals surface area contributed by atoms with Gasteiger partial charge < -0.3 is 37.0 Å². The number of nitrogens with one attached hydrogen (secondary N) is 2. The van der Waals surface area contributed by atoms with Crippen LogP contribution in [0.1, 0.15) is 20.3 Å². The van der Waals surface area contributed by atoms with Crippen molar-refractivity contribution in [3.05, 3.63) is 16.9 Å². The van der Waals surface area contributed by atoms with Crippen molar-refractivity contribution in [2.45, 2.75) is 62.3 Å². The number of rotatable bonds is 8. The summed E-state index contributed by atoms with van der Waals surface area (Å²) < 4.78 is 1.27. The number of hydrogen-bond donors (Lipinski definition) is 5. The van der Waals surface area contributed by atoms with E-state index in [0.717, 1.165) is 0 Å². The highest BCUT2D eigenvalue weighted by molar-refractivity contribution is 8.03. The van der Waals surface area contributed by atoms with Gasteiger partial charge in [0.1, 0.15) is 18.6 Å². The zero-order valence-electron chi connectivity index (χ0n) is 21.1. The van der Waals surface area contributed by atoms with E-state index in [2.05, 4.69) is 26.2 Å². The number of amides is 3. The zero-order chi connectivity index (χ0) is 27.3. The molecule has 4 aliphatic rings. The van der Waals surface area contributed by atoms with Crippen LogP contribution in [-0.2, 0) is 25.7 Å². The van der Waals surface area contributed by atoms with Crippen molar-refractivity contribution in [3.63, 3.8) is 0 Å². The molecule has 7 N–H and O–H groups in total. The molecule has 0 saturated carbocycles. The Morgan fingerprint density at radius 1 is 1.29 bits per heavy atom. The first-order valence-electron chi connectivity index (χ1n) is 12.6. The summed E-state index contributed by atoms with van der Waals surface area (Å²) in [5.74, 6) is -2.69. The van der Waals surface area contributed by atoms with E-state index in [1.165, 1.54) is 27.7 Å². The minimum Gasteiger partial charge on any atom is -0.477 e. The quantitative estimate of drug-likeness (QED) is 0.204. The van der Waals surface area contributed by atoms with E-state index in [1.807, 2.05) is 6.92 Å². The van der Waals surface area contributed by atoms with E-state index < -0.39 is 24.0 Å². The second kappa shape index (κ2) is 10.2. The van der Waals surface area contributed by atoms with Gasteiger partial charge in [0.25, 0.3) is 0 Å². The number of carbonyl (C=O) groups is 4. The molecule has 38 heavy (non-hydrogen) atoms. The van der Waals surface area contributed by atoms with E-state index in [9.17, 15) is 24.3 Å². The van der Waals surface area contributed by atoms with Gasteiger partial charge in [-0.05, 0) is 23.8 Å².